The summed E-state index contributed by atoms with van der Waals surface area (Å²) >= 11 is 6.39. The van der Waals surface area contributed by atoms with E-state index in [2.05, 4.69) is 0 Å². The topological polar surface area (TPSA) is 66.8 Å². The van der Waals surface area contributed by atoms with E-state index in [0.29, 0.717) is 16.2 Å². The van der Waals surface area contributed by atoms with Crippen LogP contribution in [0, 0.1) is 0 Å². The summed E-state index contributed by atoms with van der Waals surface area (Å²) in [6, 6.07) is 14.7. The van der Waals surface area contributed by atoms with Gasteiger partial charge in [0.2, 0.25) is 0 Å². The van der Waals surface area contributed by atoms with Crippen LogP contribution in [0.15, 0.2) is 59.5 Å². The van der Waals surface area contributed by atoms with Crippen molar-refractivity contribution in [3.05, 3.63) is 70.6 Å². The lowest BCUT2D eigenvalue weighted by Crippen LogP contribution is -2.37. The highest BCUT2D eigenvalue weighted by Crippen LogP contribution is 2.38. The van der Waals surface area contributed by atoms with Crippen LogP contribution in [0.25, 0.3) is 6.08 Å². The maximum Gasteiger partial charge on any atom is 0.331 e. The highest BCUT2D eigenvalue weighted by Gasteiger charge is 2.41. The Morgan fingerprint density at radius 1 is 1.23 bits per heavy atom. The molecule has 0 saturated carbocycles. The van der Waals surface area contributed by atoms with Gasteiger partial charge in [-0.3, -0.25) is 9.69 Å². The van der Waals surface area contributed by atoms with Crippen molar-refractivity contribution in [3.63, 3.8) is 0 Å². The second-order valence-corrected chi connectivity index (χ2v) is 7.16. The van der Waals surface area contributed by atoms with Crippen molar-refractivity contribution >= 4 is 46.3 Å². The maximum atomic E-state index is 12.8. The van der Waals surface area contributed by atoms with E-state index < -0.39 is 17.9 Å². The molecule has 1 unspecified atom stereocenters. The van der Waals surface area contributed by atoms with Gasteiger partial charge in [0.05, 0.1) is 12.0 Å². The summed E-state index contributed by atoms with van der Waals surface area (Å²) in [5.41, 5.74) is 1.27. The minimum atomic E-state index is -1.15. The number of nitrogens with zero attached hydrogens (tertiary/aromatic N) is 1. The van der Waals surface area contributed by atoms with E-state index in [9.17, 15) is 14.7 Å². The average molecular weight is 385 g/mol. The lowest BCUT2D eigenvalue weighted by atomic mass is 10.1. The number of thioether (sulfide) groups is 1. The zero-order valence-electron chi connectivity index (χ0n) is 13.8. The smallest absolute Gasteiger partial charge is 0.331 e. The second kappa shape index (κ2) is 7.72. The SMILES string of the molecule is COc1cccc(C=C2SC(=S)N(C(C(=O)O)c3ccccc3)C2=O)c1. The van der Waals surface area contributed by atoms with E-state index in [1.54, 1.807) is 55.7 Å². The third kappa shape index (κ3) is 3.63. The molecule has 1 heterocycles. The number of methoxy groups -OCH3 is 1. The van der Waals surface area contributed by atoms with Crippen molar-refractivity contribution in [2.45, 2.75) is 6.04 Å². The van der Waals surface area contributed by atoms with Crippen LogP contribution in [0.3, 0.4) is 0 Å². The largest absolute Gasteiger partial charge is 0.497 e. The van der Waals surface area contributed by atoms with Gasteiger partial charge in [-0.25, -0.2) is 4.79 Å². The van der Waals surface area contributed by atoms with Gasteiger partial charge >= 0.3 is 5.97 Å². The van der Waals surface area contributed by atoms with Gasteiger partial charge in [0.1, 0.15) is 10.1 Å². The summed E-state index contributed by atoms with van der Waals surface area (Å²) < 4.78 is 5.40. The van der Waals surface area contributed by atoms with Crippen molar-refractivity contribution in [1.29, 1.82) is 0 Å². The predicted octanol–water partition coefficient (Wildman–Crippen LogP) is 3.72. The Kier molecular flexibility index (Phi) is 5.39. The minimum absolute atomic E-state index is 0.223. The van der Waals surface area contributed by atoms with Gasteiger partial charge in [-0.2, -0.15) is 0 Å². The van der Waals surface area contributed by atoms with E-state index in [4.69, 9.17) is 17.0 Å². The average Bonchev–Trinajstić information content (AvgIpc) is 2.90. The number of thiocarbonyl (C=S) groups is 1. The lowest BCUT2D eigenvalue weighted by Gasteiger charge is -2.23. The van der Waals surface area contributed by atoms with Gasteiger partial charge in [0.25, 0.3) is 5.91 Å². The molecular formula is C19H15NO4S2. The highest BCUT2D eigenvalue weighted by molar-refractivity contribution is 8.26. The van der Waals surface area contributed by atoms with Gasteiger partial charge in [-0.05, 0) is 29.3 Å². The van der Waals surface area contributed by atoms with Gasteiger partial charge in [-0.15, -0.1) is 0 Å². The Labute approximate surface area is 160 Å². The number of aliphatic carboxylic acids is 1. The molecule has 1 fully saturated rings. The van der Waals surface area contributed by atoms with Crippen molar-refractivity contribution in [1.82, 2.24) is 4.90 Å². The number of hydrogen-bond donors (Lipinski definition) is 1. The normalized spacial score (nSPS) is 16.8. The number of carbonyl (C=O) groups is 2. The van der Waals surface area contributed by atoms with E-state index in [1.165, 1.54) is 0 Å². The number of carboxylic acid groups (broad SMARTS) is 1. The van der Waals surface area contributed by atoms with Crippen LogP contribution in [0.1, 0.15) is 17.2 Å². The molecule has 0 aliphatic carbocycles. The van der Waals surface area contributed by atoms with Crippen LogP contribution in [-0.4, -0.2) is 33.3 Å². The number of hydrogen-bond acceptors (Lipinski definition) is 5. The zero-order valence-corrected chi connectivity index (χ0v) is 15.4. The van der Waals surface area contributed by atoms with E-state index >= 15 is 0 Å². The van der Waals surface area contributed by atoms with Crippen molar-refractivity contribution in [2.75, 3.05) is 7.11 Å². The lowest BCUT2D eigenvalue weighted by molar-refractivity contribution is -0.145. The molecule has 7 heteroatoms. The Hall–Kier alpha value is -2.64. The number of carboxylic acids is 1. The molecule has 1 amide bonds. The molecule has 1 atom stereocenters. The molecule has 2 aromatic rings. The zero-order chi connectivity index (χ0) is 18.7. The number of amides is 1. The minimum Gasteiger partial charge on any atom is -0.497 e. The van der Waals surface area contributed by atoms with Gasteiger partial charge in [0.15, 0.2) is 6.04 Å². The summed E-state index contributed by atoms with van der Waals surface area (Å²) in [4.78, 5) is 26.2. The predicted molar refractivity (Wildman–Crippen MR) is 105 cm³/mol. The third-order valence-corrected chi connectivity index (χ3v) is 5.15. The van der Waals surface area contributed by atoms with Crippen LogP contribution in [-0.2, 0) is 9.59 Å². The first-order chi connectivity index (χ1) is 12.5. The molecular weight excluding hydrogens is 370 g/mol. The highest BCUT2D eigenvalue weighted by atomic mass is 32.2. The Morgan fingerprint density at radius 2 is 1.96 bits per heavy atom. The first-order valence-electron chi connectivity index (χ1n) is 7.70. The summed E-state index contributed by atoms with van der Waals surface area (Å²) in [6.07, 6.45) is 1.69. The van der Waals surface area contributed by atoms with Gasteiger partial charge in [0, 0.05) is 0 Å². The standard InChI is InChI=1S/C19H15NO4S2/c1-24-14-9-5-6-12(10-14)11-15-17(21)20(19(25)26-15)16(18(22)23)13-7-3-2-4-8-13/h2-11,16H,1H3,(H,22,23). The van der Waals surface area contributed by atoms with Gasteiger partial charge in [-0.1, -0.05) is 66.4 Å². The van der Waals surface area contributed by atoms with E-state index in [1.807, 2.05) is 12.1 Å². The van der Waals surface area contributed by atoms with E-state index in [0.717, 1.165) is 22.2 Å². The van der Waals surface area contributed by atoms with Crippen LogP contribution in [0.5, 0.6) is 5.75 Å². The van der Waals surface area contributed by atoms with Crippen LogP contribution < -0.4 is 4.74 Å². The molecule has 2 aromatic carbocycles. The second-order valence-electron chi connectivity index (χ2n) is 5.48. The summed E-state index contributed by atoms with van der Waals surface area (Å²) in [7, 11) is 1.57. The number of benzene rings is 2. The molecule has 0 bridgehead atoms. The molecule has 132 valence electrons. The first-order valence-corrected chi connectivity index (χ1v) is 8.92. The molecule has 5 nitrogen and oxygen atoms in total. The molecule has 1 N–H and O–H groups in total. The number of ether oxygens (including phenoxy) is 1. The molecule has 26 heavy (non-hydrogen) atoms. The maximum absolute atomic E-state index is 12.8. The van der Waals surface area contributed by atoms with Gasteiger partial charge < -0.3 is 9.84 Å². The van der Waals surface area contributed by atoms with Crippen LogP contribution in [0.4, 0.5) is 0 Å². The Morgan fingerprint density at radius 3 is 2.62 bits per heavy atom. The Bertz CT molecular complexity index is 895. The third-order valence-electron chi connectivity index (χ3n) is 3.82. The molecule has 1 aliphatic rings. The fourth-order valence-corrected chi connectivity index (χ4v) is 3.94. The monoisotopic (exact) mass is 385 g/mol. The molecule has 0 spiro atoms. The molecule has 1 aliphatic heterocycles. The van der Waals surface area contributed by atoms with Crippen molar-refractivity contribution in [2.24, 2.45) is 0 Å². The van der Waals surface area contributed by atoms with Crippen LogP contribution in [0.2, 0.25) is 0 Å². The number of rotatable bonds is 5. The molecule has 3 rings (SSSR count). The fourth-order valence-electron chi connectivity index (χ4n) is 2.62. The molecule has 0 aromatic heterocycles. The van der Waals surface area contributed by atoms with E-state index in [-0.39, 0.29) is 4.32 Å². The first kappa shape index (κ1) is 18.2. The van der Waals surface area contributed by atoms with Crippen molar-refractivity contribution < 1.29 is 19.4 Å². The number of carbonyl (C=O) groups excluding carboxylic acids is 1. The fraction of sp³-hybridized carbons (Fsp3) is 0.105. The summed E-state index contributed by atoms with van der Waals surface area (Å²) in [6.45, 7) is 0. The molecule has 0 radical (unpaired) electrons. The molecule has 1 saturated heterocycles. The summed E-state index contributed by atoms with van der Waals surface area (Å²) in [5, 5.41) is 9.67. The van der Waals surface area contributed by atoms with Crippen LogP contribution >= 0.6 is 24.0 Å². The Balaban J connectivity index is 1.95. The quantitative estimate of drug-likeness (QED) is 0.625. The summed E-state index contributed by atoms with van der Waals surface area (Å²) in [5.74, 6) is -0.879. The van der Waals surface area contributed by atoms with Crippen molar-refractivity contribution in [3.8, 4) is 5.75 Å².